The molecule has 5 nitrogen and oxygen atoms in total. The molecule has 1 spiro atoms. The van der Waals surface area contributed by atoms with E-state index in [0.29, 0.717) is 48.7 Å². The van der Waals surface area contributed by atoms with Crippen LogP contribution in [0.3, 0.4) is 0 Å². The number of likely N-dealkylation sites (tertiary alicyclic amines) is 1. The molecule has 2 aromatic carbocycles. The third-order valence-corrected chi connectivity index (χ3v) is 7.01. The number of rotatable bonds is 2. The molecule has 2 aromatic rings. The van der Waals surface area contributed by atoms with Gasteiger partial charge in [-0.1, -0.05) is 36.2 Å². The largest absolute Gasteiger partial charge is 0.480 e. The molecule has 7 heteroatoms. The molecule has 1 unspecified atom stereocenters. The topological polar surface area (TPSA) is 58.6 Å². The van der Waals surface area contributed by atoms with E-state index in [1.165, 1.54) is 6.07 Å². The molecule has 3 atom stereocenters. The van der Waals surface area contributed by atoms with Crippen LogP contribution in [0.2, 0.25) is 5.02 Å². The van der Waals surface area contributed by atoms with Gasteiger partial charge in [0.1, 0.15) is 11.6 Å². The molecule has 2 amide bonds. The molecule has 0 radical (unpaired) electrons. The summed E-state index contributed by atoms with van der Waals surface area (Å²) in [5.74, 6) is -0.113. The summed E-state index contributed by atoms with van der Waals surface area (Å²) in [5.41, 5.74) is 0.788. The normalized spacial score (nSPS) is 27.5. The number of ether oxygens (including phenoxy) is 1. The van der Waals surface area contributed by atoms with Gasteiger partial charge in [-0.2, -0.15) is 0 Å². The average molecular weight is 443 g/mol. The molecule has 0 bridgehead atoms. The molecule has 0 aliphatic carbocycles. The monoisotopic (exact) mass is 442 g/mol. The van der Waals surface area contributed by atoms with Crippen molar-refractivity contribution in [2.45, 2.75) is 49.7 Å². The molecule has 3 heterocycles. The number of nitrogens with one attached hydrogen (secondary N) is 1. The van der Waals surface area contributed by atoms with Crippen molar-refractivity contribution in [1.82, 2.24) is 10.2 Å². The molecule has 3 aliphatic rings. The first kappa shape index (κ1) is 20.3. The third kappa shape index (κ3) is 3.67. The minimum absolute atomic E-state index is 0.0349. The highest BCUT2D eigenvalue weighted by Gasteiger charge is 2.51. The molecule has 2 fully saturated rings. The second-order valence-electron chi connectivity index (χ2n) is 8.77. The number of nitrogens with zero attached hydrogens (tertiary/aromatic N) is 1. The van der Waals surface area contributed by atoms with E-state index in [1.807, 2.05) is 6.07 Å². The van der Waals surface area contributed by atoms with Crippen molar-refractivity contribution in [1.29, 1.82) is 0 Å². The molecule has 2 saturated heterocycles. The van der Waals surface area contributed by atoms with E-state index in [0.717, 1.165) is 18.4 Å². The Morgan fingerprint density at radius 3 is 2.90 bits per heavy atom. The van der Waals surface area contributed by atoms with Crippen LogP contribution in [0.25, 0.3) is 0 Å². The van der Waals surface area contributed by atoms with Gasteiger partial charge in [0.05, 0.1) is 5.54 Å². The SMILES string of the molecule is O=C1CCCC[C@]2(CN(C(=O)C3Cc4cc(Cl)ccc4O3)C[C@H]2c2ccccc2F)N1. The van der Waals surface area contributed by atoms with Crippen molar-refractivity contribution >= 4 is 23.4 Å². The quantitative estimate of drug-likeness (QED) is 0.768. The standard InChI is InChI=1S/C24H24ClFN2O3/c25-16-8-9-20-15(11-16)12-21(31-20)23(30)28-13-18(17-5-1-2-6-19(17)26)24(14-28)10-4-3-7-22(29)27-24/h1-2,5-6,8-9,11,18,21H,3-4,7,10,12-14H2,(H,27,29)/t18-,21?,24+/m0/s1. The molecule has 31 heavy (non-hydrogen) atoms. The highest BCUT2D eigenvalue weighted by molar-refractivity contribution is 6.30. The summed E-state index contributed by atoms with van der Waals surface area (Å²) < 4.78 is 20.7. The van der Waals surface area contributed by atoms with Gasteiger partial charge < -0.3 is 15.0 Å². The zero-order valence-electron chi connectivity index (χ0n) is 17.1. The van der Waals surface area contributed by atoms with Crippen molar-refractivity contribution < 1.29 is 18.7 Å². The highest BCUT2D eigenvalue weighted by Crippen LogP contribution is 2.42. The summed E-state index contributed by atoms with van der Waals surface area (Å²) in [7, 11) is 0. The minimum Gasteiger partial charge on any atom is -0.480 e. The summed E-state index contributed by atoms with van der Waals surface area (Å²) in [5, 5.41) is 3.78. The summed E-state index contributed by atoms with van der Waals surface area (Å²) in [4.78, 5) is 27.6. The van der Waals surface area contributed by atoms with Crippen molar-refractivity contribution in [2.75, 3.05) is 13.1 Å². The van der Waals surface area contributed by atoms with Gasteiger partial charge in [-0.25, -0.2) is 4.39 Å². The van der Waals surface area contributed by atoms with Crippen LogP contribution in [0, 0.1) is 5.82 Å². The lowest BCUT2D eigenvalue weighted by atomic mass is 9.78. The number of halogens is 2. The Kier molecular flexibility index (Phi) is 5.13. The van der Waals surface area contributed by atoms with E-state index < -0.39 is 11.6 Å². The lowest BCUT2D eigenvalue weighted by molar-refractivity contribution is -0.137. The molecular formula is C24H24ClFN2O3. The van der Waals surface area contributed by atoms with Gasteiger partial charge in [-0.05, 0) is 48.2 Å². The maximum absolute atomic E-state index is 14.8. The van der Waals surface area contributed by atoms with Gasteiger partial charge in [0.25, 0.3) is 5.91 Å². The lowest BCUT2D eigenvalue weighted by Gasteiger charge is -2.35. The summed E-state index contributed by atoms with van der Waals surface area (Å²) in [6.45, 7) is 0.699. The first-order valence-electron chi connectivity index (χ1n) is 10.7. The van der Waals surface area contributed by atoms with Crippen LogP contribution in [0.4, 0.5) is 4.39 Å². The second-order valence-corrected chi connectivity index (χ2v) is 9.20. The summed E-state index contributed by atoms with van der Waals surface area (Å²) in [6.07, 6.45) is 2.65. The first-order chi connectivity index (χ1) is 14.9. The Labute approximate surface area is 185 Å². The fourth-order valence-electron chi connectivity index (χ4n) is 5.30. The Bertz CT molecular complexity index is 1050. The number of benzene rings is 2. The summed E-state index contributed by atoms with van der Waals surface area (Å²) >= 11 is 6.08. The molecule has 162 valence electrons. The van der Waals surface area contributed by atoms with Crippen molar-refractivity contribution in [3.8, 4) is 5.75 Å². The fourth-order valence-corrected chi connectivity index (χ4v) is 5.49. The number of hydrogen-bond acceptors (Lipinski definition) is 3. The number of amides is 2. The Balaban J connectivity index is 1.44. The van der Waals surface area contributed by atoms with Crippen LogP contribution in [-0.2, 0) is 16.0 Å². The van der Waals surface area contributed by atoms with E-state index in [9.17, 15) is 14.0 Å². The maximum Gasteiger partial charge on any atom is 0.264 e. The third-order valence-electron chi connectivity index (χ3n) is 6.77. The van der Waals surface area contributed by atoms with Gasteiger partial charge in [0.15, 0.2) is 6.10 Å². The van der Waals surface area contributed by atoms with Crippen molar-refractivity contribution in [3.63, 3.8) is 0 Å². The van der Waals surface area contributed by atoms with Crippen LogP contribution in [-0.4, -0.2) is 41.4 Å². The van der Waals surface area contributed by atoms with E-state index in [1.54, 1.807) is 35.2 Å². The van der Waals surface area contributed by atoms with Gasteiger partial charge in [0.2, 0.25) is 5.91 Å². The van der Waals surface area contributed by atoms with Crippen LogP contribution in [0.15, 0.2) is 42.5 Å². The molecule has 1 N–H and O–H groups in total. The van der Waals surface area contributed by atoms with Crippen molar-refractivity contribution in [2.24, 2.45) is 0 Å². The molecule has 3 aliphatic heterocycles. The average Bonchev–Trinajstić information content (AvgIpc) is 3.26. The first-order valence-corrected chi connectivity index (χ1v) is 11.1. The van der Waals surface area contributed by atoms with Crippen LogP contribution in [0.5, 0.6) is 5.75 Å². The van der Waals surface area contributed by atoms with E-state index in [-0.39, 0.29) is 23.5 Å². The minimum atomic E-state index is -0.666. The second kappa shape index (κ2) is 7.83. The maximum atomic E-state index is 14.8. The zero-order chi connectivity index (χ0) is 21.6. The molecule has 0 aromatic heterocycles. The lowest BCUT2D eigenvalue weighted by Crippen LogP contribution is -2.53. The van der Waals surface area contributed by atoms with E-state index in [2.05, 4.69) is 5.32 Å². The highest BCUT2D eigenvalue weighted by atomic mass is 35.5. The molecule has 0 saturated carbocycles. The Hall–Kier alpha value is -2.60. The van der Waals surface area contributed by atoms with Gasteiger partial charge >= 0.3 is 0 Å². The van der Waals surface area contributed by atoms with Gasteiger partial charge in [-0.3, -0.25) is 9.59 Å². The number of fused-ring (bicyclic) bond motifs is 1. The van der Waals surface area contributed by atoms with E-state index in [4.69, 9.17) is 16.3 Å². The van der Waals surface area contributed by atoms with Gasteiger partial charge in [0, 0.05) is 36.9 Å². The van der Waals surface area contributed by atoms with Gasteiger partial charge in [-0.15, -0.1) is 0 Å². The molecule has 5 rings (SSSR count). The summed E-state index contributed by atoms with van der Waals surface area (Å²) in [6, 6.07) is 12.0. The predicted molar refractivity (Wildman–Crippen MR) is 115 cm³/mol. The fraction of sp³-hybridized carbons (Fsp3) is 0.417. The Morgan fingerprint density at radius 2 is 2.06 bits per heavy atom. The smallest absolute Gasteiger partial charge is 0.264 e. The van der Waals surface area contributed by atoms with E-state index >= 15 is 0 Å². The number of carbonyl (C=O) groups excluding carboxylic acids is 2. The number of hydrogen-bond donors (Lipinski definition) is 1. The van der Waals surface area contributed by atoms with Crippen LogP contribution < -0.4 is 10.1 Å². The van der Waals surface area contributed by atoms with Crippen molar-refractivity contribution in [3.05, 3.63) is 64.4 Å². The predicted octanol–water partition coefficient (Wildman–Crippen LogP) is 3.84. The zero-order valence-corrected chi connectivity index (χ0v) is 17.8. The molecular weight excluding hydrogens is 419 g/mol. The number of carbonyl (C=O) groups is 2. The van der Waals surface area contributed by atoms with Crippen LogP contribution in [0.1, 0.15) is 42.7 Å². The Morgan fingerprint density at radius 1 is 1.23 bits per heavy atom. The van der Waals surface area contributed by atoms with Crippen LogP contribution >= 0.6 is 11.6 Å².